The number of benzene rings is 1. The third kappa shape index (κ3) is 2.95. The summed E-state index contributed by atoms with van der Waals surface area (Å²) in [5.41, 5.74) is 1.86. The number of carbonyl (C=O) groups excluding carboxylic acids is 1. The molecule has 0 spiro atoms. The van der Waals surface area contributed by atoms with E-state index in [-0.39, 0.29) is 11.9 Å². The fraction of sp³-hybridized carbons (Fsp3) is 0.312. The first kappa shape index (κ1) is 13.4. The molecule has 1 aliphatic rings. The van der Waals surface area contributed by atoms with E-state index in [0.717, 1.165) is 24.2 Å². The van der Waals surface area contributed by atoms with Gasteiger partial charge in [-0.1, -0.05) is 17.3 Å². The van der Waals surface area contributed by atoms with Gasteiger partial charge in [0.2, 0.25) is 0 Å². The van der Waals surface area contributed by atoms with Crippen molar-refractivity contribution in [3.8, 4) is 6.07 Å². The van der Waals surface area contributed by atoms with Crippen LogP contribution in [0.1, 0.15) is 59.1 Å². The monoisotopic (exact) mass is 281 g/mol. The Morgan fingerprint density at radius 2 is 2.14 bits per heavy atom. The van der Waals surface area contributed by atoms with E-state index in [1.54, 1.807) is 18.2 Å². The second-order valence-corrected chi connectivity index (χ2v) is 5.32. The lowest BCUT2D eigenvalue weighted by molar-refractivity contribution is 0.0930. The average Bonchev–Trinajstić information content (AvgIpc) is 3.24. The summed E-state index contributed by atoms with van der Waals surface area (Å²) in [6.45, 7) is 1.89. The van der Waals surface area contributed by atoms with Crippen molar-refractivity contribution in [1.82, 2.24) is 10.5 Å². The minimum Gasteiger partial charge on any atom is -0.360 e. The minimum atomic E-state index is -0.248. The smallest absolute Gasteiger partial charge is 0.273 e. The third-order valence-corrected chi connectivity index (χ3v) is 3.63. The van der Waals surface area contributed by atoms with E-state index in [4.69, 9.17) is 9.78 Å². The van der Waals surface area contributed by atoms with Gasteiger partial charge in [0.05, 0.1) is 17.7 Å². The fourth-order valence-electron chi connectivity index (χ4n) is 2.16. The van der Waals surface area contributed by atoms with Crippen molar-refractivity contribution in [3.63, 3.8) is 0 Å². The summed E-state index contributed by atoms with van der Waals surface area (Å²) in [6, 6.07) is 10.8. The van der Waals surface area contributed by atoms with E-state index in [1.807, 2.05) is 19.1 Å². The quantitative estimate of drug-likeness (QED) is 0.934. The second kappa shape index (κ2) is 5.41. The van der Waals surface area contributed by atoms with Gasteiger partial charge in [-0.05, 0) is 37.5 Å². The summed E-state index contributed by atoms with van der Waals surface area (Å²) in [4.78, 5) is 12.1. The molecule has 106 valence electrons. The molecule has 5 nitrogen and oxygen atoms in total. The van der Waals surface area contributed by atoms with Crippen LogP contribution < -0.4 is 5.32 Å². The van der Waals surface area contributed by atoms with E-state index in [0.29, 0.717) is 17.2 Å². The molecule has 1 saturated carbocycles. The van der Waals surface area contributed by atoms with Gasteiger partial charge >= 0.3 is 0 Å². The van der Waals surface area contributed by atoms with Gasteiger partial charge in [-0.25, -0.2) is 0 Å². The molecule has 1 amide bonds. The molecular weight excluding hydrogens is 266 g/mol. The van der Waals surface area contributed by atoms with Crippen LogP contribution in [0.5, 0.6) is 0 Å². The molecule has 1 aromatic heterocycles. The molecule has 0 aliphatic heterocycles. The van der Waals surface area contributed by atoms with Crippen LogP contribution in [0.2, 0.25) is 0 Å². The SMILES string of the molecule is CC(NC(=O)c1cc(C2CC2)on1)c1ccc(C#N)cc1. The number of aromatic nitrogens is 1. The van der Waals surface area contributed by atoms with Crippen molar-refractivity contribution >= 4 is 5.91 Å². The Balaban J connectivity index is 1.66. The van der Waals surface area contributed by atoms with Crippen molar-refractivity contribution in [2.45, 2.75) is 31.7 Å². The molecule has 1 aliphatic carbocycles. The van der Waals surface area contributed by atoms with Crippen LogP contribution in [0.4, 0.5) is 0 Å². The Kier molecular flexibility index (Phi) is 3.44. The maximum Gasteiger partial charge on any atom is 0.273 e. The maximum absolute atomic E-state index is 12.1. The number of hydrogen-bond donors (Lipinski definition) is 1. The normalized spacial score (nSPS) is 15.2. The van der Waals surface area contributed by atoms with Gasteiger partial charge in [-0.2, -0.15) is 5.26 Å². The van der Waals surface area contributed by atoms with Crippen molar-refractivity contribution in [2.75, 3.05) is 0 Å². The highest BCUT2D eigenvalue weighted by Gasteiger charge is 2.29. The number of amides is 1. The van der Waals surface area contributed by atoms with Crippen molar-refractivity contribution in [2.24, 2.45) is 0 Å². The summed E-state index contributed by atoms with van der Waals surface area (Å²) in [5, 5.41) is 15.5. The van der Waals surface area contributed by atoms with E-state index in [9.17, 15) is 4.79 Å². The van der Waals surface area contributed by atoms with Gasteiger partial charge in [0, 0.05) is 12.0 Å². The van der Waals surface area contributed by atoms with Gasteiger partial charge in [0.25, 0.3) is 5.91 Å². The minimum absolute atomic E-state index is 0.161. The Bertz CT molecular complexity index is 693. The molecule has 0 radical (unpaired) electrons. The maximum atomic E-state index is 12.1. The summed E-state index contributed by atoms with van der Waals surface area (Å²) >= 11 is 0. The number of nitriles is 1. The van der Waals surface area contributed by atoms with Crippen LogP contribution in [-0.4, -0.2) is 11.1 Å². The van der Waals surface area contributed by atoms with Crippen LogP contribution in [-0.2, 0) is 0 Å². The number of rotatable bonds is 4. The standard InChI is InChI=1S/C16H15N3O2/c1-10(12-4-2-11(9-17)3-5-12)18-16(20)14-8-15(21-19-14)13-6-7-13/h2-5,8,10,13H,6-7H2,1H3,(H,18,20). The van der Waals surface area contributed by atoms with E-state index < -0.39 is 0 Å². The van der Waals surface area contributed by atoms with Crippen LogP contribution in [0.15, 0.2) is 34.9 Å². The van der Waals surface area contributed by atoms with Crippen LogP contribution in [0.25, 0.3) is 0 Å². The van der Waals surface area contributed by atoms with E-state index in [2.05, 4.69) is 16.5 Å². The van der Waals surface area contributed by atoms with Crippen LogP contribution in [0, 0.1) is 11.3 Å². The van der Waals surface area contributed by atoms with E-state index >= 15 is 0 Å². The Hall–Kier alpha value is -2.61. The molecule has 0 bridgehead atoms. The highest BCUT2D eigenvalue weighted by molar-refractivity contribution is 5.92. The van der Waals surface area contributed by atoms with Crippen LogP contribution >= 0.6 is 0 Å². The number of hydrogen-bond acceptors (Lipinski definition) is 4. The van der Waals surface area contributed by atoms with Gasteiger partial charge < -0.3 is 9.84 Å². The molecule has 3 rings (SSSR count). The molecule has 21 heavy (non-hydrogen) atoms. The lowest BCUT2D eigenvalue weighted by Crippen LogP contribution is -2.26. The molecule has 2 aromatic rings. The lowest BCUT2D eigenvalue weighted by atomic mass is 10.1. The van der Waals surface area contributed by atoms with Crippen LogP contribution in [0.3, 0.4) is 0 Å². The molecule has 0 saturated heterocycles. The molecule has 1 fully saturated rings. The fourth-order valence-corrected chi connectivity index (χ4v) is 2.16. The number of nitrogens with zero attached hydrogens (tertiary/aromatic N) is 2. The average molecular weight is 281 g/mol. The van der Waals surface area contributed by atoms with E-state index in [1.165, 1.54) is 0 Å². The molecular formula is C16H15N3O2. The molecule has 1 aromatic carbocycles. The predicted octanol–water partition coefficient (Wildman–Crippen LogP) is 2.91. The van der Waals surface area contributed by atoms with Crippen molar-refractivity contribution in [3.05, 3.63) is 52.9 Å². The summed E-state index contributed by atoms with van der Waals surface area (Å²) in [6.07, 6.45) is 2.22. The first-order valence-corrected chi connectivity index (χ1v) is 6.95. The molecule has 1 unspecified atom stereocenters. The lowest BCUT2D eigenvalue weighted by Gasteiger charge is -2.13. The predicted molar refractivity (Wildman–Crippen MR) is 75.5 cm³/mol. The highest BCUT2D eigenvalue weighted by Crippen LogP contribution is 2.40. The molecule has 1 N–H and O–H groups in total. The summed E-state index contributed by atoms with van der Waals surface area (Å²) < 4.78 is 5.18. The zero-order valence-electron chi connectivity index (χ0n) is 11.7. The first-order valence-electron chi connectivity index (χ1n) is 6.95. The summed E-state index contributed by atoms with van der Waals surface area (Å²) in [7, 11) is 0. The zero-order chi connectivity index (χ0) is 14.8. The van der Waals surface area contributed by atoms with Gasteiger partial charge in [-0.15, -0.1) is 0 Å². The van der Waals surface area contributed by atoms with Gasteiger partial charge in [0.15, 0.2) is 5.69 Å². The van der Waals surface area contributed by atoms with Crippen molar-refractivity contribution in [1.29, 1.82) is 5.26 Å². The largest absolute Gasteiger partial charge is 0.360 e. The Morgan fingerprint density at radius 1 is 1.43 bits per heavy atom. The molecule has 5 heteroatoms. The Labute approximate surface area is 122 Å². The van der Waals surface area contributed by atoms with Gasteiger partial charge in [-0.3, -0.25) is 4.79 Å². The summed E-state index contributed by atoms with van der Waals surface area (Å²) in [5.74, 6) is 0.990. The Morgan fingerprint density at radius 3 is 2.76 bits per heavy atom. The highest BCUT2D eigenvalue weighted by atomic mass is 16.5. The third-order valence-electron chi connectivity index (χ3n) is 3.63. The zero-order valence-corrected chi connectivity index (χ0v) is 11.7. The van der Waals surface area contributed by atoms with Gasteiger partial charge in [0.1, 0.15) is 5.76 Å². The van der Waals surface area contributed by atoms with Crippen molar-refractivity contribution < 1.29 is 9.32 Å². The number of nitrogens with one attached hydrogen (secondary N) is 1. The molecule has 1 heterocycles. The molecule has 1 atom stereocenters. The number of carbonyl (C=O) groups is 1. The topological polar surface area (TPSA) is 78.9 Å². The first-order chi connectivity index (χ1) is 10.2. The second-order valence-electron chi connectivity index (χ2n) is 5.32.